The molecule has 3 fully saturated rings. The summed E-state index contributed by atoms with van der Waals surface area (Å²) in [7, 11) is -4.57. The molecule has 106 heavy (non-hydrogen) atoms. The molecule has 3 amide bonds. The Morgan fingerprint density at radius 2 is 0.934 bits per heavy atom. The second-order valence-corrected chi connectivity index (χ2v) is 29.8. The fourth-order valence-electron chi connectivity index (χ4n) is 12.6. The van der Waals surface area contributed by atoms with Crippen molar-refractivity contribution in [3.05, 3.63) is 24.3 Å². The fraction of sp³-hybridized carbons (Fsp3) is 0.882. The third kappa shape index (κ3) is 43.2. The number of allylic oxidation sites excluding steroid dienone is 4. The number of carbonyl (C=O) groups is 5. The van der Waals surface area contributed by atoms with Crippen LogP contribution in [0.25, 0.3) is 0 Å². The van der Waals surface area contributed by atoms with Crippen molar-refractivity contribution in [3.63, 3.8) is 0 Å². The highest BCUT2D eigenvalue weighted by Crippen LogP contribution is 2.43. The molecule has 0 saturated carbocycles. The molecular weight excluding hydrogens is 1400 g/mol. The topological polar surface area (TPSA) is 425 Å². The maximum atomic E-state index is 13.0. The smallest absolute Gasteiger partial charge is 0.462 e. The molecule has 0 aromatic heterocycles. The van der Waals surface area contributed by atoms with E-state index in [9.17, 15) is 74.3 Å². The summed E-state index contributed by atoms with van der Waals surface area (Å²) in [6.45, 7) is 5.74. The molecular formula is C76H139N4O25P. The lowest BCUT2D eigenvalue weighted by Gasteiger charge is -2.49. The normalized spacial score (nSPS) is 25.7. The van der Waals surface area contributed by atoms with Gasteiger partial charge in [-0.1, -0.05) is 154 Å². The summed E-state index contributed by atoms with van der Waals surface area (Å²) in [6.07, 6.45) is 20.3. The van der Waals surface area contributed by atoms with Crippen molar-refractivity contribution in [1.29, 1.82) is 0 Å². The van der Waals surface area contributed by atoms with Crippen LogP contribution in [0.15, 0.2) is 24.3 Å². The highest BCUT2D eigenvalue weighted by Gasteiger charge is 2.55. The van der Waals surface area contributed by atoms with E-state index in [0.29, 0.717) is 58.0 Å². The van der Waals surface area contributed by atoms with E-state index in [-0.39, 0.29) is 70.4 Å². The van der Waals surface area contributed by atoms with Crippen LogP contribution < -0.4 is 21.3 Å². The summed E-state index contributed by atoms with van der Waals surface area (Å²) in [5, 5.41) is 96.2. The minimum Gasteiger partial charge on any atom is -0.462 e. The molecule has 3 aliphatic rings. The van der Waals surface area contributed by atoms with Crippen molar-refractivity contribution in [3.8, 4) is 0 Å². The number of amides is 3. The number of phosphoric acid groups is 1. The number of unbranched alkanes of at least 4 members (excludes halogenated alkanes) is 26. The summed E-state index contributed by atoms with van der Waals surface area (Å²) in [4.78, 5) is 73.7. The number of hydrogen-bond donors (Lipinski definition) is 13. The zero-order valence-corrected chi connectivity index (χ0v) is 65.2. The monoisotopic (exact) mass is 1540 g/mol. The predicted octanol–water partition coefficient (Wildman–Crippen LogP) is 7.62. The molecule has 3 saturated heterocycles. The van der Waals surface area contributed by atoms with Gasteiger partial charge in [-0.2, -0.15) is 0 Å². The molecule has 1 unspecified atom stereocenters. The number of rotatable bonds is 64. The van der Waals surface area contributed by atoms with Crippen molar-refractivity contribution in [2.24, 2.45) is 0 Å². The first-order valence-electron chi connectivity index (χ1n) is 40.1. The first-order valence-corrected chi connectivity index (χ1v) is 41.6. The first kappa shape index (κ1) is 96.5. The van der Waals surface area contributed by atoms with Crippen molar-refractivity contribution in [2.45, 2.75) is 363 Å². The van der Waals surface area contributed by atoms with Gasteiger partial charge in [-0.05, 0) is 110 Å². The van der Waals surface area contributed by atoms with Gasteiger partial charge in [0.05, 0.1) is 39.1 Å². The van der Waals surface area contributed by atoms with Gasteiger partial charge < -0.3 is 105 Å². The highest BCUT2D eigenvalue weighted by atomic mass is 31.2. The lowest BCUT2D eigenvalue weighted by atomic mass is 9.95. The Kier molecular flexibility index (Phi) is 54.7. The van der Waals surface area contributed by atoms with Gasteiger partial charge >= 0.3 is 19.8 Å². The van der Waals surface area contributed by atoms with E-state index in [1.807, 2.05) is 0 Å². The molecule has 0 bridgehead atoms. The van der Waals surface area contributed by atoms with Crippen LogP contribution in [0.2, 0.25) is 0 Å². The molecule has 0 radical (unpaired) electrons. The Balaban J connectivity index is 1.31. The lowest BCUT2D eigenvalue weighted by Crippen LogP contribution is -2.68. The van der Waals surface area contributed by atoms with Crippen LogP contribution in [0.5, 0.6) is 0 Å². The molecule has 0 aliphatic carbocycles. The molecule has 0 spiro atoms. The van der Waals surface area contributed by atoms with Gasteiger partial charge in [-0.15, -0.1) is 0 Å². The molecule has 618 valence electrons. The van der Waals surface area contributed by atoms with Crippen molar-refractivity contribution >= 4 is 37.5 Å². The summed E-state index contributed by atoms with van der Waals surface area (Å²) >= 11 is 0. The van der Waals surface area contributed by atoms with Gasteiger partial charge in [-0.3, -0.25) is 33.0 Å². The van der Waals surface area contributed by atoms with Gasteiger partial charge in [0.25, 0.3) is 0 Å². The first-order chi connectivity index (χ1) is 51.2. The average molecular weight is 1540 g/mol. The van der Waals surface area contributed by atoms with Crippen molar-refractivity contribution in [2.75, 3.05) is 65.8 Å². The quantitative estimate of drug-likeness (QED) is 0.0120. The molecule has 30 heteroatoms. The third-order valence-electron chi connectivity index (χ3n) is 19.0. The van der Waals surface area contributed by atoms with Crippen molar-refractivity contribution in [1.82, 2.24) is 21.3 Å². The number of aliphatic hydroxyl groups is 8. The number of aliphatic hydroxyl groups excluding tert-OH is 8. The SMILES string of the molecule is CCCCCCCC/C=C\CCCCCCCC(=O)OC[C@H](COP(=O)(O)OCCNCCCCCC(=O)NCCCCCC(=O)NCCCO[C@@H]1O[C@H](CO)[C@H](O)[C@H](O[C@H]2O[C@H](CO)[C@H](O)[C@H](O)[C@H]2NC(C)=O)[C@H]1O[C@@H]1O[C@@H](C)[C@@H](O)[C@@H](O)[C@@H]1O)OC(=O)CCCCCCC/C=C\CCCCCCCC. The predicted molar refractivity (Wildman–Crippen MR) is 397 cm³/mol. The Labute approximate surface area is 631 Å². The fourth-order valence-corrected chi connectivity index (χ4v) is 13.3. The van der Waals surface area contributed by atoms with Crippen LogP contribution in [0.3, 0.4) is 0 Å². The zero-order chi connectivity index (χ0) is 77.6. The van der Waals surface area contributed by atoms with E-state index in [0.717, 1.165) is 96.8 Å². The van der Waals surface area contributed by atoms with E-state index in [1.165, 1.54) is 84.0 Å². The third-order valence-corrected chi connectivity index (χ3v) is 20.0. The minimum atomic E-state index is -4.57. The summed E-state index contributed by atoms with van der Waals surface area (Å²) in [5.41, 5.74) is 0. The van der Waals surface area contributed by atoms with E-state index in [2.05, 4.69) is 59.4 Å². The summed E-state index contributed by atoms with van der Waals surface area (Å²) in [5.74, 6) is -1.93. The van der Waals surface area contributed by atoms with E-state index in [4.69, 9.17) is 46.9 Å². The number of hydrogen-bond acceptors (Lipinski definition) is 25. The minimum absolute atomic E-state index is 0.0938. The second-order valence-electron chi connectivity index (χ2n) is 28.4. The number of ether oxygens (including phenoxy) is 8. The van der Waals surface area contributed by atoms with Crippen LogP contribution in [-0.4, -0.2) is 239 Å². The maximum Gasteiger partial charge on any atom is 0.472 e. The van der Waals surface area contributed by atoms with Crippen LogP contribution in [0, 0.1) is 0 Å². The molecule has 0 aromatic carbocycles. The van der Waals surface area contributed by atoms with Crippen molar-refractivity contribution < 1.29 is 121 Å². The molecule has 13 N–H and O–H groups in total. The summed E-state index contributed by atoms with van der Waals surface area (Å²) < 4.78 is 70.0. The highest BCUT2D eigenvalue weighted by molar-refractivity contribution is 7.47. The molecule has 17 atom stereocenters. The largest absolute Gasteiger partial charge is 0.472 e. The van der Waals surface area contributed by atoms with Crippen LogP contribution >= 0.6 is 7.82 Å². The Hall–Kier alpha value is -3.66. The van der Waals surface area contributed by atoms with E-state index >= 15 is 0 Å². The maximum absolute atomic E-state index is 13.0. The van der Waals surface area contributed by atoms with Crippen LogP contribution in [0.4, 0.5) is 0 Å². The molecule has 3 heterocycles. The van der Waals surface area contributed by atoms with Gasteiger partial charge in [0, 0.05) is 52.2 Å². The number of nitrogens with one attached hydrogen (secondary N) is 4. The Bertz CT molecular complexity index is 2410. The Morgan fingerprint density at radius 1 is 0.462 bits per heavy atom. The standard InChI is InChI=1S/C76H139N4O25P/c1-5-7-9-11-13-15-17-19-21-23-25-27-29-31-37-44-63(86)97-54-58(101-64(87)45-38-32-30-28-26-24-22-20-18-16-14-12-10-8-6-2)55-99-106(94,95)98-51-49-77-46-39-33-35-42-61(84)78-47-40-34-36-43-62(85)79-48-41-50-96-76-73(105-75-71(93)70(92)66(88)56(3)100-75)72(68(90)60(53-82)103-76)104-74-65(80-57(4)83)69(91)67(89)59(52-81)102-74/h19-22,56,58-60,65-77,81-82,88-93H,5-18,23-55H2,1-4H3,(H,78,84)(H,79,85)(H,80,83)(H,94,95)/b21-19-,22-20-/t56-,58+,59+,60+,65+,66+,67-,68-,69+,70+,71-,72-,73+,74+,75-,76+/m0/s1. The number of phosphoric ester groups is 1. The number of carbonyl (C=O) groups excluding carboxylic acids is 5. The zero-order valence-electron chi connectivity index (χ0n) is 64.3. The molecule has 29 nitrogen and oxygen atoms in total. The van der Waals surface area contributed by atoms with Crippen LogP contribution in [0.1, 0.15) is 265 Å². The molecule has 3 aliphatic heterocycles. The van der Waals surface area contributed by atoms with Gasteiger partial charge in [0.15, 0.2) is 25.0 Å². The van der Waals surface area contributed by atoms with E-state index in [1.54, 1.807) is 0 Å². The second kappa shape index (κ2) is 60.1. The van der Waals surface area contributed by atoms with Gasteiger partial charge in [0.2, 0.25) is 17.7 Å². The lowest BCUT2D eigenvalue weighted by molar-refractivity contribution is -0.385. The molecule has 3 rings (SSSR count). The molecule has 0 aromatic rings. The van der Waals surface area contributed by atoms with Gasteiger partial charge in [-0.25, -0.2) is 4.57 Å². The van der Waals surface area contributed by atoms with Crippen LogP contribution in [-0.2, 0) is 75.5 Å². The average Bonchev–Trinajstić information content (AvgIpc) is 0.774. The summed E-state index contributed by atoms with van der Waals surface area (Å²) in [6, 6.07) is -1.47. The number of esters is 2. The van der Waals surface area contributed by atoms with E-state index < -0.39 is 144 Å². The Morgan fingerprint density at radius 3 is 1.48 bits per heavy atom. The van der Waals surface area contributed by atoms with Gasteiger partial charge in [0.1, 0.15) is 73.7 Å².